The van der Waals surface area contributed by atoms with E-state index in [9.17, 15) is 19.2 Å². The van der Waals surface area contributed by atoms with Crippen molar-refractivity contribution in [1.29, 1.82) is 0 Å². The van der Waals surface area contributed by atoms with Gasteiger partial charge in [0.2, 0.25) is 5.91 Å². The molecule has 1 saturated heterocycles. The van der Waals surface area contributed by atoms with Crippen LogP contribution in [0.1, 0.15) is 129 Å². The van der Waals surface area contributed by atoms with E-state index in [4.69, 9.17) is 32.0 Å². The van der Waals surface area contributed by atoms with Gasteiger partial charge in [0.25, 0.3) is 0 Å². The molecule has 2 heterocycles. The monoisotopic (exact) mass is 1050 g/mol. The van der Waals surface area contributed by atoms with E-state index in [0.717, 1.165) is 60.6 Å². The summed E-state index contributed by atoms with van der Waals surface area (Å²) in [5.41, 5.74) is 1.51. The molecule has 0 spiro atoms. The van der Waals surface area contributed by atoms with E-state index in [1.807, 2.05) is 23.1 Å². The molecule has 7 rings (SSSR count). The number of nitrogens with one attached hydrogen (secondary N) is 2. The van der Waals surface area contributed by atoms with Crippen molar-refractivity contribution in [3.8, 4) is 16.9 Å². The number of amides is 3. The van der Waals surface area contributed by atoms with Crippen molar-refractivity contribution >= 4 is 79.1 Å². The van der Waals surface area contributed by atoms with E-state index in [2.05, 4.69) is 90.4 Å². The Bertz CT molecular complexity index is 2680. The van der Waals surface area contributed by atoms with Gasteiger partial charge in [-0.2, -0.15) is 0 Å². The van der Waals surface area contributed by atoms with Crippen LogP contribution in [0.5, 0.6) is 5.75 Å². The smallest absolute Gasteiger partial charge is 0.0505 e. The number of unbranched alkanes of at least 4 members (excludes halogenated alkanes) is 12. The summed E-state index contributed by atoms with van der Waals surface area (Å²) in [4.78, 5) is 54.3. The second-order valence-corrected chi connectivity index (χ2v) is 26.8. The van der Waals surface area contributed by atoms with Crippen LogP contribution < -0.4 is 36.9 Å². The maximum Gasteiger partial charge on any atom is 0.0505 e. The summed E-state index contributed by atoms with van der Waals surface area (Å²) in [6, 6.07) is 43.2. The van der Waals surface area contributed by atoms with E-state index in [1.54, 1.807) is 43.3 Å². The van der Waals surface area contributed by atoms with Crippen molar-refractivity contribution < 1.29 is 23.5 Å². The summed E-state index contributed by atoms with van der Waals surface area (Å²) in [6.07, 6.45) is 18.2. The molecule has 0 bridgehead atoms. The molecule has 1 fully saturated rings. The molecule has 1 aromatic heterocycles. The molecule has 2 N–H and O–H groups in total. The van der Waals surface area contributed by atoms with Gasteiger partial charge in [-0.1, -0.05) is 88.8 Å². The molecule has 12 heteroatoms. The Morgan fingerprint density at radius 1 is 0.671 bits per heavy atom. The minimum absolute atomic E-state index is 0.0478. The van der Waals surface area contributed by atoms with Crippen molar-refractivity contribution in [2.45, 2.75) is 142 Å². The molecule has 0 unspecified atom stereocenters. The van der Waals surface area contributed by atoms with Gasteiger partial charge in [0.05, 0.1) is 5.02 Å². The molecular formula is C61H74Cl2N3O6P. The van der Waals surface area contributed by atoms with Gasteiger partial charge in [0, 0.05) is 40.8 Å². The molecule has 0 radical (unpaired) electrons. The summed E-state index contributed by atoms with van der Waals surface area (Å²) in [5.74, 6) is -3.15. The molecular weight excluding hydrogens is 973 g/mol. The molecule has 3 amide bonds. The Balaban J connectivity index is 0.846. The Hall–Kier alpha value is -5.47. The van der Waals surface area contributed by atoms with Gasteiger partial charge in [-0.25, -0.2) is 4.79 Å². The first-order chi connectivity index (χ1) is 35.5. The van der Waals surface area contributed by atoms with E-state index in [0.29, 0.717) is 71.7 Å². The van der Waals surface area contributed by atoms with Gasteiger partial charge in [-0.3, -0.25) is 9.59 Å². The average Bonchev–Trinajstić information content (AvgIpc) is 3.40. The van der Waals surface area contributed by atoms with Crippen LogP contribution in [0.3, 0.4) is 0 Å². The van der Waals surface area contributed by atoms with E-state index < -0.39 is 17.7 Å². The van der Waals surface area contributed by atoms with Crippen molar-refractivity contribution in [3.05, 3.63) is 149 Å². The molecule has 9 nitrogen and oxygen atoms in total. The van der Waals surface area contributed by atoms with Gasteiger partial charge in [-0.15, -0.1) is 0 Å². The van der Waals surface area contributed by atoms with Crippen LogP contribution in [0.4, 0.5) is 5.69 Å². The van der Waals surface area contributed by atoms with Crippen LogP contribution in [0, 0.1) is 0 Å². The number of ether oxygens (including phenoxy) is 1. The number of anilines is 1. The predicted molar refractivity (Wildman–Crippen MR) is 305 cm³/mol. The molecule has 6 aromatic rings. The normalized spacial score (nSPS) is 14.0. The number of nitrogens with zero attached hydrogens (tertiary/aromatic N) is 1. The number of halogens is 2. The van der Waals surface area contributed by atoms with Crippen molar-refractivity contribution in [3.63, 3.8) is 0 Å². The number of benzene rings is 5. The van der Waals surface area contributed by atoms with Crippen LogP contribution in [-0.2, 0) is 14.4 Å². The number of fused-ring (bicyclic) bond motifs is 1. The van der Waals surface area contributed by atoms with Crippen molar-refractivity contribution in [2.75, 3.05) is 24.6 Å². The summed E-state index contributed by atoms with van der Waals surface area (Å²) in [5, 5.41) is 10.6. The summed E-state index contributed by atoms with van der Waals surface area (Å²) in [7, 11) is 0. The predicted octanol–water partition coefficient (Wildman–Crippen LogP) is 13.9. The van der Waals surface area contributed by atoms with Crippen LogP contribution in [-0.4, -0.2) is 54.0 Å². The summed E-state index contributed by atoms with van der Waals surface area (Å²) < 4.78 is 11.7. The third kappa shape index (κ3) is 14.6. The molecule has 0 aliphatic carbocycles. The Labute approximate surface area is 442 Å². The fraction of sp³-hybridized carbons (Fsp3) is 0.410. The quantitative estimate of drug-likeness (QED) is 0.0301. The molecule has 1 aliphatic heterocycles. The number of hydrogen-bond acceptors (Lipinski definition) is 6. The van der Waals surface area contributed by atoms with Gasteiger partial charge >= 0.3 is 220 Å². The Kier molecular flexibility index (Phi) is 20.6. The SMILES string of the molecule is CCCCCCCCCCCCCC(=O)Nc1ccc(-c2cc(=O)oc3cc(O[C@H](C)C(=O)NC4CCN(C(=O)CCCCCP(Cl)(c5ccccc5)(c5ccccc5)c5ccccc5)CC4)ccc23)c(Cl)c1. The molecule has 0 saturated carbocycles. The zero-order chi connectivity index (χ0) is 51.5. The van der Waals surface area contributed by atoms with Gasteiger partial charge in [0.15, 0.2) is 6.10 Å². The van der Waals surface area contributed by atoms with Gasteiger partial charge in [0.1, 0.15) is 11.3 Å². The number of rotatable bonds is 27. The van der Waals surface area contributed by atoms with Gasteiger partial charge < -0.3 is 14.5 Å². The van der Waals surface area contributed by atoms with Gasteiger partial charge in [-0.05, 0) is 37.6 Å². The van der Waals surface area contributed by atoms with E-state index in [1.165, 1.54) is 57.4 Å². The minimum Gasteiger partial charge on any atom is -0.0836 e. The van der Waals surface area contributed by atoms with Crippen LogP contribution >= 0.6 is 28.8 Å². The second kappa shape index (κ2) is 27.2. The molecule has 5 aromatic carbocycles. The molecule has 1 atom stereocenters. The van der Waals surface area contributed by atoms with E-state index in [-0.39, 0.29) is 29.3 Å². The largest absolute Gasteiger partial charge is 0.0836 e. The summed E-state index contributed by atoms with van der Waals surface area (Å²) in [6.45, 7) is 5.07. The van der Waals surface area contributed by atoms with Crippen molar-refractivity contribution in [2.24, 2.45) is 0 Å². The Morgan fingerprint density at radius 2 is 1.22 bits per heavy atom. The zero-order valence-corrected chi connectivity index (χ0v) is 45.2. The first-order valence-corrected chi connectivity index (χ1v) is 30.5. The van der Waals surface area contributed by atoms with Crippen LogP contribution in [0.15, 0.2) is 143 Å². The number of carbonyl (C=O) groups excluding carboxylic acids is 3. The summed E-state index contributed by atoms with van der Waals surface area (Å²) >= 11 is 15.0. The zero-order valence-electron chi connectivity index (χ0n) is 42.8. The number of piperidine rings is 1. The molecule has 1 aliphatic rings. The third-order valence-electron chi connectivity index (χ3n) is 14.5. The minimum atomic E-state index is -3.34. The number of likely N-dealkylation sites (tertiary alicyclic amines) is 1. The first kappa shape index (κ1) is 55.3. The van der Waals surface area contributed by atoms with Crippen LogP contribution in [0.25, 0.3) is 22.1 Å². The average molecular weight is 1050 g/mol. The standard InChI is InChI=1S/C61H74Cl2N3O6P/c1-3-4-5-6-7-8-9-10-11-12-23-32-58(67)64-48-34-36-53(56(62)43-48)55-45-60(69)72-57-44-49(35-37-54(55)57)71-46(2)61(70)65-47-38-40-66(41-39-47)59(68)33-24-16-25-42-73(63,50-26-17-13-18-27-50,51-28-19-14-20-29-51)52-30-21-15-22-31-52/h13-15,17-22,26-31,34-37,43-47H,3-12,16,23-25,32-33,38-42H2,1-2H3,(H,64,67)(H,65,70)/t46-/m1/s1. The topological polar surface area (TPSA) is 118 Å². The number of hydrogen-bond donors (Lipinski definition) is 2. The van der Waals surface area contributed by atoms with E-state index >= 15 is 0 Å². The second-order valence-electron chi connectivity index (χ2n) is 19.8. The first-order valence-electron chi connectivity index (χ1n) is 26.8. The third-order valence-corrected chi connectivity index (χ3v) is 22.4. The molecule has 388 valence electrons. The molecule has 73 heavy (non-hydrogen) atoms. The fourth-order valence-corrected chi connectivity index (χ4v) is 16.9. The maximum absolute atomic E-state index is 13.4. The van der Waals surface area contributed by atoms with Crippen molar-refractivity contribution in [1.82, 2.24) is 10.2 Å². The Morgan fingerprint density at radius 3 is 1.79 bits per heavy atom. The maximum atomic E-state index is 13.4. The fourth-order valence-electron chi connectivity index (χ4n) is 10.3. The number of carbonyl (C=O) groups is 3. The van der Waals surface area contributed by atoms with Crippen LogP contribution in [0.2, 0.25) is 5.02 Å².